The summed E-state index contributed by atoms with van der Waals surface area (Å²) in [6.45, 7) is 4.16. The van der Waals surface area contributed by atoms with Crippen LogP contribution in [0.3, 0.4) is 0 Å². The number of hydrogen-bond acceptors (Lipinski definition) is 4. The van der Waals surface area contributed by atoms with E-state index in [0.717, 1.165) is 10.6 Å². The summed E-state index contributed by atoms with van der Waals surface area (Å²) in [5.41, 5.74) is -1.45. The van der Waals surface area contributed by atoms with Crippen molar-refractivity contribution in [2.75, 3.05) is 12.3 Å². The van der Waals surface area contributed by atoms with Gasteiger partial charge in [0.1, 0.15) is 0 Å². The highest BCUT2D eigenvalue weighted by atomic mass is 32.2. The first kappa shape index (κ1) is 13.8. The Bertz CT molecular complexity index is 325. The van der Waals surface area contributed by atoms with Gasteiger partial charge in [-0.05, 0) is 25.6 Å². The van der Waals surface area contributed by atoms with Gasteiger partial charge < -0.3 is 5.32 Å². The lowest BCUT2D eigenvalue weighted by Crippen LogP contribution is -2.22. The number of nitrogens with zero attached hydrogens (tertiary/aromatic N) is 1. The van der Waals surface area contributed by atoms with E-state index in [4.69, 9.17) is 0 Å². The highest BCUT2D eigenvalue weighted by Crippen LogP contribution is 2.29. The molecule has 7 heteroatoms. The van der Waals surface area contributed by atoms with Gasteiger partial charge in [-0.3, -0.25) is 0 Å². The molecule has 1 unspecified atom stereocenters. The van der Waals surface area contributed by atoms with Crippen molar-refractivity contribution in [2.45, 2.75) is 25.4 Å². The quantitative estimate of drug-likeness (QED) is 0.831. The van der Waals surface area contributed by atoms with E-state index >= 15 is 0 Å². The van der Waals surface area contributed by atoms with Crippen LogP contribution in [0.15, 0.2) is 5.51 Å². The van der Waals surface area contributed by atoms with Crippen molar-refractivity contribution >= 4 is 23.1 Å². The Balaban J connectivity index is 2.26. The first-order valence-electron chi connectivity index (χ1n) is 4.74. The smallest absolute Gasteiger partial charge is 0.309 e. The Labute approximate surface area is 101 Å². The number of aromatic nitrogens is 1. The molecule has 0 aliphatic heterocycles. The Morgan fingerprint density at radius 2 is 2.25 bits per heavy atom. The molecule has 0 fully saturated rings. The van der Waals surface area contributed by atoms with Crippen LogP contribution < -0.4 is 5.32 Å². The Morgan fingerprint density at radius 1 is 1.56 bits per heavy atom. The molecule has 0 aromatic carbocycles. The van der Waals surface area contributed by atoms with Crippen molar-refractivity contribution in [1.29, 1.82) is 0 Å². The molecule has 16 heavy (non-hydrogen) atoms. The third-order valence-corrected chi connectivity index (χ3v) is 3.84. The molecule has 1 atom stereocenters. The number of rotatable bonds is 5. The van der Waals surface area contributed by atoms with E-state index in [2.05, 4.69) is 10.3 Å². The average molecular weight is 270 g/mol. The number of hydrogen-bond donors (Lipinski definition) is 1. The molecule has 1 rings (SSSR count). The number of alkyl halides is 3. The van der Waals surface area contributed by atoms with Crippen molar-refractivity contribution in [3.8, 4) is 0 Å². The van der Waals surface area contributed by atoms with Gasteiger partial charge in [-0.1, -0.05) is 0 Å². The van der Waals surface area contributed by atoms with E-state index in [1.807, 2.05) is 13.8 Å². The Hall–Kier alpha value is -0.270. The van der Waals surface area contributed by atoms with E-state index in [0.29, 0.717) is 6.54 Å². The molecule has 0 amide bonds. The largest absolute Gasteiger partial charge is 0.441 e. The van der Waals surface area contributed by atoms with Crippen LogP contribution in [0.2, 0.25) is 0 Å². The molecule has 0 saturated heterocycles. The zero-order valence-corrected chi connectivity index (χ0v) is 10.6. The maximum atomic E-state index is 11.8. The maximum absolute atomic E-state index is 11.8. The SMILES string of the molecule is Cc1ncsc1C(C)NCCSC(F)(F)F. The van der Waals surface area contributed by atoms with Crippen LogP contribution in [-0.4, -0.2) is 22.8 Å². The third-order valence-electron chi connectivity index (χ3n) is 1.99. The van der Waals surface area contributed by atoms with Crippen LogP contribution in [-0.2, 0) is 0 Å². The van der Waals surface area contributed by atoms with E-state index in [9.17, 15) is 13.2 Å². The summed E-state index contributed by atoms with van der Waals surface area (Å²) in [6.07, 6.45) is 0. The lowest BCUT2D eigenvalue weighted by Gasteiger charge is -2.13. The number of aryl methyl sites for hydroxylation is 1. The highest BCUT2D eigenvalue weighted by molar-refractivity contribution is 8.00. The molecule has 0 spiro atoms. The molecule has 0 aliphatic rings. The van der Waals surface area contributed by atoms with Gasteiger partial charge >= 0.3 is 5.51 Å². The highest BCUT2D eigenvalue weighted by Gasteiger charge is 2.27. The average Bonchev–Trinajstić information content (AvgIpc) is 2.57. The third kappa shape index (κ3) is 4.71. The van der Waals surface area contributed by atoms with Gasteiger partial charge in [-0.2, -0.15) is 13.2 Å². The van der Waals surface area contributed by atoms with Gasteiger partial charge in [0.05, 0.1) is 11.2 Å². The van der Waals surface area contributed by atoms with Crippen molar-refractivity contribution in [3.63, 3.8) is 0 Å². The number of thiazole rings is 1. The van der Waals surface area contributed by atoms with Crippen molar-refractivity contribution in [1.82, 2.24) is 10.3 Å². The Morgan fingerprint density at radius 3 is 2.75 bits per heavy atom. The van der Waals surface area contributed by atoms with Gasteiger partial charge in [0.15, 0.2) is 0 Å². The van der Waals surface area contributed by atoms with Gasteiger partial charge in [0, 0.05) is 23.2 Å². The molecule has 0 radical (unpaired) electrons. The molecule has 1 aromatic rings. The van der Waals surface area contributed by atoms with E-state index in [1.165, 1.54) is 11.3 Å². The molecule has 0 bridgehead atoms. The van der Waals surface area contributed by atoms with Crippen molar-refractivity contribution < 1.29 is 13.2 Å². The second-order valence-corrected chi connectivity index (χ2v) is 5.32. The number of nitrogens with one attached hydrogen (secondary N) is 1. The number of thioether (sulfide) groups is 1. The minimum absolute atomic E-state index is 0.00228. The van der Waals surface area contributed by atoms with Crippen LogP contribution in [0.4, 0.5) is 13.2 Å². The zero-order valence-electron chi connectivity index (χ0n) is 8.97. The predicted molar refractivity (Wildman–Crippen MR) is 61.8 cm³/mol. The standard InChI is InChI=1S/C9H13F3N2S2/c1-6(8-7(2)14-5-15-8)13-3-4-16-9(10,11)12/h5-6,13H,3-4H2,1-2H3. The van der Waals surface area contributed by atoms with Crippen molar-refractivity contribution in [2.24, 2.45) is 0 Å². The predicted octanol–water partition coefficient (Wildman–Crippen LogP) is 3.36. The summed E-state index contributed by atoms with van der Waals surface area (Å²) in [7, 11) is 0. The fourth-order valence-electron chi connectivity index (χ4n) is 1.26. The first-order valence-corrected chi connectivity index (χ1v) is 6.60. The molecule has 0 saturated carbocycles. The van der Waals surface area contributed by atoms with E-state index in [-0.39, 0.29) is 23.6 Å². The van der Waals surface area contributed by atoms with Crippen molar-refractivity contribution in [3.05, 3.63) is 16.1 Å². The fraction of sp³-hybridized carbons (Fsp3) is 0.667. The van der Waals surface area contributed by atoms with Gasteiger partial charge in [-0.15, -0.1) is 11.3 Å². The van der Waals surface area contributed by atoms with Crippen LogP contribution in [0.25, 0.3) is 0 Å². The number of halogens is 3. The molecular formula is C9H13F3N2S2. The van der Waals surface area contributed by atoms with E-state index in [1.54, 1.807) is 5.51 Å². The topological polar surface area (TPSA) is 24.9 Å². The second kappa shape index (κ2) is 5.88. The minimum atomic E-state index is -4.13. The molecular weight excluding hydrogens is 257 g/mol. The maximum Gasteiger partial charge on any atom is 0.441 e. The molecule has 1 N–H and O–H groups in total. The lowest BCUT2D eigenvalue weighted by atomic mass is 10.2. The van der Waals surface area contributed by atoms with Gasteiger partial charge in [0.2, 0.25) is 0 Å². The van der Waals surface area contributed by atoms with Crippen LogP contribution in [0.1, 0.15) is 23.5 Å². The molecule has 92 valence electrons. The summed E-state index contributed by atoms with van der Waals surface area (Å²) < 4.78 is 35.5. The monoisotopic (exact) mass is 270 g/mol. The van der Waals surface area contributed by atoms with Crippen LogP contribution in [0.5, 0.6) is 0 Å². The van der Waals surface area contributed by atoms with Crippen LogP contribution >= 0.6 is 23.1 Å². The molecule has 2 nitrogen and oxygen atoms in total. The Kier molecular flexibility index (Phi) is 5.07. The first-order chi connectivity index (χ1) is 7.40. The van der Waals surface area contributed by atoms with E-state index < -0.39 is 5.51 Å². The summed E-state index contributed by atoms with van der Waals surface area (Å²) in [5, 5.41) is 3.05. The molecule has 1 aromatic heterocycles. The minimum Gasteiger partial charge on any atom is -0.309 e. The molecule has 0 aliphatic carbocycles. The zero-order chi connectivity index (χ0) is 12.2. The summed E-state index contributed by atoms with van der Waals surface area (Å²) in [4.78, 5) is 5.18. The normalized spacial score (nSPS) is 14.1. The van der Waals surface area contributed by atoms with Gasteiger partial charge in [-0.25, -0.2) is 4.98 Å². The summed E-state index contributed by atoms with van der Waals surface area (Å²) in [5.74, 6) is 0.0334. The lowest BCUT2D eigenvalue weighted by molar-refractivity contribution is -0.0327. The van der Waals surface area contributed by atoms with Crippen LogP contribution in [0, 0.1) is 6.92 Å². The summed E-state index contributed by atoms with van der Waals surface area (Å²) >= 11 is 1.52. The summed E-state index contributed by atoms with van der Waals surface area (Å²) in [6, 6.07) is 0.0568. The van der Waals surface area contributed by atoms with Gasteiger partial charge in [0.25, 0.3) is 0 Å². The molecule has 1 heterocycles. The second-order valence-electron chi connectivity index (χ2n) is 3.27. The fourth-order valence-corrected chi connectivity index (χ4v) is 2.55.